The van der Waals surface area contributed by atoms with Crippen molar-refractivity contribution in [1.82, 2.24) is 10.2 Å². The van der Waals surface area contributed by atoms with Crippen LogP contribution in [0.2, 0.25) is 0 Å². The van der Waals surface area contributed by atoms with Gasteiger partial charge >= 0.3 is 0 Å². The molecule has 0 aromatic heterocycles. The maximum atomic E-state index is 12.3. The molecule has 0 bridgehead atoms. The molecule has 5 heteroatoms. The molecular weight excluding hydrogens is 302 g/mol. The molecule has 0 fully saturated rings. The van der Waals surface area contributed by atoms with Crippen LogP contribution in [0.3, 0.4) is 0 Å². The van der Waals surface area contributed by atoms with Gasteiger partial charge in [-0.3, -0.25) is 14.5 Å². The van der Waals surface area contributed by atoms with Gasteiger partial charge in [-0.2, -0.15) is 0 Å². The van der Waals surface area contributed by atoms with Crippen LogP contribution < -0.4 is 10.6 Å². The molecule has 0 spiro atoms. The molecule has 0 aliphatic carbocycles. The monoisotopic (exact) mass is 333 g/mol. The van der Waals surface area contributed by atoms with Gasteiger partial charge in [0.1, 0.15) is 0 Å². The maximum Gasteiger partial charge on any atom is 0.238 e. The average molecular weight is 333 g/mol. The topological polar surface area (TPSA) is 61.4 Å². The van der Waals surface area contributed by atoms with Crippen molar-refractivity contribution in [3.05, 3.63) is 29.8 Å². The second-order valence-corrected chi connectivity index (χ2v) is 6.67. The van der Waals surface area contributed by atoms with Crippen molar-refractivity contribution < 1.29 is 9.59 Å². The summed E-state index contributed by atoms with van der Waals surface area (Å²) in [5, 5.41) is 5.91. The summed E-state index contributed by atoms with van der Waals surface area (Å²) in [6.45, 7) is 11.3. The summed E-state index contributed by atoms with van der Waals surface area (Å²) >= 11 is 0. The van der Waals surface area contributed by atoms with Crippen LogP contribution in [-0.4, -0.2) is 42.4 Å². The van der Waals surface area contributed by atoms with Gasteiger partial charge < -0.3 is 10.6 Å². The lowest BCUT2D eigenvalue weighted by Gasteiger charge is -2.23. The first-order valence-electron chi connectivity index (χ1n) is 8.70. The third kappa shape index (κ3) is 7.13. The number of para-hydroxylation sites is 1. The Bertz CT molecular complexity index is 543. The van der Waals surface area contributed by atoms with E-state index in [0.29, 0.717) is 12.5 Å². The van der Waals surface area contributed by atoms with Crippen molar-refractivity contribution in [2.24, 2.45) is 5.92 Å². The fourth-order valence-corrected chi connectivity index (χ4v) is 2.31. The fraction of sp³-hybridized carbons (Fsp3) is 0.579. The van der Waals surface area contributed by atoms with E-state index in [4.69, 9.17) is 0 Å². The van der Waals surface area contributed by atoms with Gasteiger partial charge in [0.05, 0.1) is 13.1 Å². The van der Waals surface area contributed by atoms with Crippen LogP contribution in [0.5, 0.6) is 0 Å². The molecule has 2 amide bonds. The average Bonchev–Trinajstić information content (AvgIpc) is 2.49. The van der Waals surface area contributed by atoms with Gasteiger partial charge in [0.25, 0.3) is 0 Å². The van der Waals surface area contributed by atoms with Crippen LogP contribution in [0.15, 0.2) is 24.3 Å². The molecule has 1 aromatic carbocycles. The first-order chi connectivity index (χ1) is 11.3. The maximum absolute atomic E-state index is 12.3. The highest BCUT2D eigenvalue weighted by Crippen LogP contribution is 2.13. The molecule has 2 N–H and O–H groups in total. The molecule has 0 aliphatic rings. The van der Waals surface area contributed by atoms with Crippen LogP contribution in [0.25, 0.3) is 0 Å². The van der Waals surface area contributed by atoms with E-state index in [-0.39, 0.29) is 30.9 Å². The number of hydrogen-bond donors (Lipinski definition) is 2. The smallest absolute Gasteiger partial charge is 0.238 e. The van der Waals surface area contributed by atoms with E-state index < -0.39 is 0 Å². The normalized spacial score (nSPS) is 12.3. The Labute approximate surface area is 145 Å². The Morgan fingerprint density at radius 2 is 1.71 bits per heavy atom. The van der Waals surface area contributed by atoms with Gasteiger partial charge in [0.15, 0.2) is 0 Å². The highest BCUT2D eigenvalue weighted by Gasteiger charge is 2.17. The van der Waals surface area contributed by atoms with Crippen LogP contribution in [0.1, 0.15) is 39.7 Å². The number of anilines is 1. The molecule has 0 saturated carbocycles. The second kappa shape index (κ2) is 10.1. The molecular formula is C19H31N3O2. The number of aryl methyl sites for hydroxylation is 1. The van der Waals surface area contributed by atoms with Crippen molar-refractivity contribution in [1.29, 1.82) is 0 Å². The van der Waals surface area contributed by atoms with E-state index in [0.717, 1.165) is 17.7 Å². The number of carbonyl (C=O) groups is 2. The van der Waals surface area contributed by atoms with Crippen molar-refractivity contribution in [2.45, 2.75) is 47.1 Å². The third-order valence-corrected chi connectivity index (χ3v) is 4.08. The van der Waals surface area contributed by atoms with Crippen LogP contribution in [0.4, 0.5) is 5.69 Å². The van der Waals surface area contributed by atoms with Crippen LogP contribution >= 0.6 is 0 Å². The summed E-state index contributed by atoms with van der Waals surface area (Å²) < 4.78 is 0. The molecule has 1 aromatic rings. The quantitative estimate of drug-likeness (QED) is 0.730. The zero-order valence-electron chi connectivity index (χ0n) is 15.6. The molecule has 5 nitrogen and oxygen atoms in total. The Balaban J connectivity index is 2.57. The van der Waals surface area contributed by atoms with Gasteiger partial charge in [-0.05, 0) is 44.4 Å². The Morgan fingerprint density at radius 1 is 1.08 bits per heavy atom. The van der Waals surface area contributed by atoms with E-state index in [1.165, 1.54) is 0 Å². The molecule has 1 atom stereocenters. The zero-order valence-corrected chi connectivity index (χ0v) is 15.6. The lowest BCUT2D eigenvalue weighted by molar-refractivity contribution is -0.124. The summed E-state index contributed by atoms with van der Waals surface area (Å²) in [5.41, 5.74) is 1.84. The standard InChI is InChI=1S/C19H31N3O2/c1-6-11-22(12-18(23)20-16(5)14(2)3)13-19(24)21-17-10-8-7-9-15(17)4/h7-10,14,16H,6,11-13H2,1-5H3,(H,20,23)(H,21,24)/t16-/m0/s1. The number of hydrogen-bond acceptors (Lipinski definition) is 3. The molecule has 1 rings (SSSR count). The summed E-state index contributed by atoms with van der Waals surface area (Å²) in [7, 11) is 0. The summed E-state index contributed by atoms with van der Waals surface area (Å²) in [6.07, 6.45) is 0.894. The largest absolute Gasteiger partial charge is 0.352 e. The van der Waals surface area contributed by atoms with Gasteiger partial charge in [0.2, 0.25) is 11.8 Å². The number of nitrogens with zero attached hydrogens (tertiary/aromatic N) is 1. The van der Waals surface area contributed by atoms with Crippen LogP contribution in [-0.2, 0) is 9.59 Å². The van der Waals surface area contributed by atoms with E-state index in [1.807, 2.05) is 49.9 Å². The van der Waals surface area contributed by atoms with Gasteiger partial charge in [-0.1, -0.05) is 39.0 Å². The SMILES string of the molecule is CCCN(CC(=O)Nc1ccccc1C)CC(=O)N[C@@H](C)C(C)C. The molecule has 0 heterocycles. The minimum absolute atomic E-state index is 0.0339. The van der Waals surface area contributed by atoms with Crippen molar-refractivity contribution in [2.75, 3.05) is 25.0 Å². The molecule has 24 heavy (non-hydrogen) atoms. The summed E-state index contributed by atoms with van der Waals surface area (Å²) in [5.74, 6) is 0.258. The first kappa shape index (κ1) is 20.2. The molecule has 134 valence electrons. The van der Waals surface area contributed by atoms with Gasteiger partial charge in [-0.15, -0.1) is 0 Å². The Kier molecular flexibility index (Phi) is 8.47. The van der Waals surface area contributed by atoms with Crippen LogP contribution in [0, 0.1) is 12.8 Å². The molecule has 0 aliphatic heterocycles. The minimum atomic E-state index is -0.0949. The number of amides is 2. The predicted molar refractivity (Wildman–Crippen MR) is 99.0 cm³/mol. The molecule has 0 saturated heterocycles. The van der Waals surface area contributed by atoms with Gasteiger partial charge in [-0.25, -0.2) is 0 Å². The first-order valence-corrected chi connectivity index (χ1v) is 8.70. The van der Waals surface area contributed by atoms with E-state index in [2.05, 4.69) is 24.5 Å². The lowest BCUT2D eigenvalue weighted by atomic mass is 10.1. The van der Waals surface area contributed by atoms with Crippen molar-refractivity contribution >= 4 is 17.5 Å². The summed E-state index contributed by atoms with van der Waals surface area (Å²) in [6, 6.07) is 7.80. The molecule has 0 unspecified atom stereocenters. The molecule has 0 radical (unpaired) electrons. The number of carbonyl (C=O) groups excluding carboxylic acids is 2. The number of rotatable bonds is 9. The Morgan fingerprint density at radius 3 is 2.29 bits per heavy atom. The predicted octanol–water partition coefficient (Wildman–Crippen LogP) is 2.81. The highest BCUT2D eigenvalue weighted by atomic mass is 16.2. The minimum Gasteiger partial charge on any atom is -0.352 e. The van der Waals surface area contributed by atoms with E-state index >= 15 is 0 Å². The number of benzene rings is 1. The van der Waals surface area contributed by atoms with Crippen molar-refractivity contribution in [3.8, 4) is 0 Å². The summed E-state index contributed by atoms with van der Waals surface area (Å²) in [4.78, 5) is 26.3. The van der Waals surface area contributed by atoms with Gasteiger partial charge in [0, 0.05) is 11.7 Å². The lowest BCUT2D eigenvalue weighted by Crippen LogP contribution is -2.45. The van der Waals surface area contributed by atoms with E-state index in [1.54, 1.807) is 0 Å². The zero-order chi connectivity index (χ0) is 18.1. The third-order valence-electron chi connectivity index (χ3n) is 4.08. The second-order valence-electron chi connectivity index (χ2n) is 6.67. The highest BCUT2D eigenvalue weighted by molar-refractivity contribution is 5.93. The number of nitrogens with one attached hydrogen (secondary N) is 2. The fourth-order valence-electron chi connectivity index (χ4n) is 2.31. The van der Waals surface area contributed by atoms with Crippen molar-refractivity contribution in [3.63, 3.8) is 0 Å². The Hall–Kier alpha value is -1.88. The van der Waals surface area contributed by atoms with E-state index in [9.17, 15) is 9.59 Å².